The standard InChI is InChI=1S/C30H24F3NO4S/c1-19-6-13-25(14-7-19)39(36,37)34-27-15-10-23(26(27)18-28(34)29(35)38-2)17-20-4-3-5-22(16-20)21-8-11-24(12-9-21)30(31,32)33/h3-9,11-14,16-18H,10,15H2,1-2H3/b23-17+. The number of carbonyl (C=O) groups excluding carboxylic acids is 1. The van der Waals surface area contributed by atoms with E-state index in [4.69, 9.17) is 4.74 Å². The van der Waals surface area contributed by atoms with Crippen LogP contribution in [0.1, 0.15) is 44.9 Å². The van der Waals surface area contributed by atoms with Gasteiger partial charge in [-0.05, 0) is 78.4 Å². The molecule has 1 heterocycles. The number of benzene rings is 3. The number of hydrogen-bond donors (Lipinski definition) is 0. The first-order valence-corrected chi connectivity index (χ1v) is 13.6. The van der Waals surface area contributed by atoms with Crippen molar-refractivity contribution in [1.82, 2.24) is 3.97 Å². The molecule has 1 aliphatic carbocycles. The number of hydrogen-bond acceptors (Lipinski definition) is 4. The van der Waals surface area contributed by atoms with Crippen LogP contribution in [0, 0.1) is 6.92 Å². The molecule has 9 heteroatoms. The molecule has 0 N–H and O–H groups in total. The summed E-state index contributed by atoms with van der Waals surface area (Å²) in [4.78, 5) is 12.7. The molecule has 0 saturated heterocycles. The molecule has 0 fully saturated rings. The van der Waals surface area contributed by atoms with Gasteiger partial charge in [-0.2, -0.15) is 13.2 Å². The summed E-state index contributed by atoms with van der Waals surface area (Å²) in [7, 11) is -2.87. The van der Waals surface area contributed by atoms with Gasteiger partial charge in [-0.25, -0.2) is 17.2 Å². The summed E-state index contributed by atoms with van der Waals surface area (Å²) >= 11 is 0. The van der Waals surface area contributed by atoms with Gasteiger partial charge in [0.15, 0.2) is 0 Å². The van der Waals surface area contributed by atoms with E-state index in [1.165, 1.54) is 31.4 Å². The maximum atomic E-state index is 13.6. The maximum absolute atomic E-state index is 13.6. The third kappa shape index (κ3) is 5.02. The minimum absolute atomic E-state index is 0.0679. The fourth-order valence-corrected chi connectivity index (χ4v) is 6.34. The van der Waals surface area contributed by atoms with Gasteiger partial charge in [0.05, 0.1) is 17.6 Å². The molecule has 0 radical (unpaired) electrons. The van der Waals surface area contributed by atoms with Crippen LogP contribution in [0.5, 0.6) is 0 Å². The summed E-state index contributed by atoms with van der Waals surface area (Å²) in [5.74, 6) is -0.760. The quantitative estimate of drug-likeness (QED) is 0.251. The van der Waals surface area contributed by atoms with Crippen LogP contribution in [0.25, 0.3) is 22.8 Å². The summed E-state index contributed by atoms with van der Waals surface area (Å²) in [6.45, 7) is 1.85. The van der Waals surface area contributed by atoms with Crippen molar-refractivity contribution in [2.24, 2.45) is 0 Å². The number of halogens is 3. The van der Waals surface area contributed by atoms with Crippen molar-refractivity contribution in [2.75, 3.05) is 7.11 Å². The lowest BCUT2D eigenvalue weighted by molar-refractivity contribution is -0.137. The molecule has 0 amide bonds. The molecule has 39 heavy (non-hydrogen) atoms. The molecule has 5 rings (SSSR count). The molecule has 5 nitrogen and oxygen atoms in total. The van der Waals surface area contributed by atoms with E-state index in [2.05, 4.69) is 0 Å². The first kappa shape index (κ1) is 26.5. The third-order valence-electron chi connectivity index (χ3n) is 6.76. The predicted molar refractivity (Wildman–Crippen MR) is 143 cm³/mol. The Bertz CT molecular complexity index is 1700. The van der Waals surface area contributed by atoms with Crippen molar-refractivity contribution in [3.63, 3.8) is 0 Å². The summed E-state index contributed by atoms with van der Waals surface area (Å²) in [6, 6.07) is 20.3. The van der Waals surface area contributed by atoms with Gasteiger partial charge in [0.25, 0.3) is 10.0 Å². The number of esters is 1. The van der Waals surface area contributed by atoms with Gasteiger partial charge in [0.1, 0.15) is 5.69 Å². The van der Waals surface area contributed by atoms with Crippen LogP contribution >= 0.6 is 0 Å². The van der Waals surface area contributed by atoms with E-state index in [1.807, 2.05) is 37.3 Å². The predicted octanol–water partition coefficient (Wildman–Crippen LogP) is 6.99. The van der Waals surface area contributed by atoms with Crippen molar-refractivity contribution in [3.8, 4) is 11.1 Å². The molecule has 1 aliphatic rings. The molecular formula is C30H24F3NO4S. The lowest BCUT2D eigenvalue weighted by atomic mass is 10.00. The molecule has 1 aromatic heterocycles. The van der Waals surface area contributed by atoms with E-state index in [-0.39, 0.29) is 10.6 Å². The second-order valence-electron chi connectivity index (χ2n) is 9.33. The molecular weight excluding hydrogens is 527 g/mol. The van der Waals surface area contributed by atoms with Crippen LogP contribution in [-0.2, 0) is 27.4 Å². The number of methoxy groups -OCH3 is 1. The maximum Gasteiger partial charge on any atom is 0.416 e. The molecule has 3 aromatic carbocycles. The minimum Gasteiger partial charge on any atom is -0.464 e. The van der Waals surface area contributed by atoms with Crippen LogP contribution < -0.4 is 0 Å². The molecule has 0 bridgehead atoms. The number of ether oxygens (including phenoxy) is 1. The number of aromatic nitrogens is 1. The van der Waals surface area contributed by atoms with Crippen molar-refractivity contribution in [3.05, 3.63) is 113 Å². The number of carbonyl (C=O) groups is 1. The van der Waals surface area contributed by atoms with Gasteiger partial charge in [-0.1, -0.05) is 54.1 Å². The fourth-order valence-electron chi connectivity index (χ4n) is 4.78. The van der Waals surface area contributed by atoms with Crippen LogP contribution in [-0.4, -0.2) is 25.5 Å². The number of alkyl halides is 3. The van der Waals surface area contributed by atoms with Crippen molar-refractivity contribution >= 4 is 27.6 Å². The number of allylic oxidation sites excluding steroid dienone is 1. The molecule has 4 aromatic rings. The van der Waals surface area contributed by atoms with Crippen LogP contribution in [0.2, 0.25) is 0 Å². The summed E-state index contributed by atoms with van der Waals surface area (Å²) < 4.78 is 72.1. The lowest BCUT2D eigenvalue weighted by Crippen LogP contribution is -2.21. The van der Waals surface area contributed by atoms with E-state index in [9.17, 15) is 26.4 Å². The zero-order valence-electron chi connectivity index (χ0n) is 21.1. The van der Waals surface area contributed by atoms with Crippen LogP contribution in [0.4, 0.5) is 13.2 Å². The number of nitrogens with zero attached hydrogens (tertiary/aromatic N) is 1. The number of aryl methyl sites for hydroxylation is 1. The molecule has 0 aliphatic heterocycles. The lowest BCUT2D eigenvalue weighted by Gasteiger charge is -2.12. The van der Waals surface area contributed by atoms with E-state index >= 15 is 0 Å². The summed E-state index contributed by atoms with van der Waals surface area (Å²) in [6.07, 6.45) is -1.54. The van der Waals surface area contributed by atoms with Crippen molar-refractivity contribution < 1.29 is 31.1 Å². The molecule has 0 unspecified atom stereocenters. The fraction of sp³-hybridized carbons (Fsp3) is 0.167. The molecule has 0 spiro atoms. The highest BCUT2D eigenvalue weighted by Crippen LogP contribution is 2.39. The highest BCUT2D eigenvalue weighted by molar-refractivity contribution is 7.90. The van der Waals surface area contributed by atoms with Crippen molar-refractivity contribution in [2.45, 2.75) is 30.8 Å². The third-order valence-corrected chi connectivity index (χ3v) is 8.53. The smallest absolute Gasteiger partial charge is 0.416 e. The minimum atomic E-state index is -4.41. The Balaban J connectivity index is 1.55. The van der Waals surface area contributed by atoms with Gasteiger partial charge in [0, 0.05) is 11.3 Å². The zero-order valence-corrected chi connectivity index (χ0v) is 21.9. The van der Waals surface area contributed by atoms with Gasteiger partial charge < -0.3 is 4.74 Å². The van der Waals surface area contributed by atoms with Crippen LogP contribution in [0.3, 0.4) is 0 Å². The number of fused-ring (bicyclic) bond motifs is 1. The van der Waals surface area contributed by atoms with Gasteiger partial charge in [-0.15, -0.1) is 0 Å². The highest BCUT2D eigenvalue weighted by atomic mass is 32.2. The van der Waals surface area contributed by atoms with Gasteiger partial charge in [0.2, 0.25) is 0 Å². The Kier molecular flexibility index (Phi) is 6.72. The van der Waals surface area contributed by atoms with Gasteiger partial charge >= 0.3 is 12.1 Å². The topological polar surface area (TPSA) is 65.4 Å². The Morgan fingerprint density at radius 1 is 0.923 bits per heavy atom. The van der Waals surface area contributed by atoms with E-state index < -0.39 is 27.7 Å². The van der Waals surface area contributed by atoms with E-state index in [0.717, 1.165) is 38.4 Å². The molecule has 0 atom stereocenters. The Labute approximate surface area is 224 Å². The molecule has 200 valence electrons. The van der Waals surface area contributed by atoms with Crippen molar-refractivity contribution in [1.29, 1.82) is 0 Å². The average molecular weight is 552 g/mol. The summed E-state index contributed by atoms with van der Waals surface area (Å²) in [5, 5.41) is 0. The normalized spacial score (nSPS) is 14.4. The zero-order chi connectivity index (χ0) is 27.9. The average Bonchev–Trinajstić information content (AvgIpc) is 3.48. The highest BCUT2D eigenvalue weighted by Gasteiger charge is 2.33. The SMILES string of the molecule is COC(=O)c1cc2c(n1S(=O)(=O)c1ccc(C)cc1)CC/C2=C\c1cccc(-c2ccc(C(F)(F)F)cc2)c1. The summed E-state index contributed by atoms with van der Waals surface area (Å²) in [5.41, 5.74) is 4.28. The largest absolute Gasteiger partial charge is 0.464 e. The number of rotatable bonds is 5. The van der Waals surface area contributed by atoms with E-state index in [0.29, 0.717) is 29.7 Å². The van der Waals surface area contributed by atoms with Crippen LogP contribution in [0.15, 0.2) is 83.8 Å². The Morgan fingerprint density at radius 2 is 1.62 bits per heavy atom. The first-order valence-electron chi connectivity index (χ1n) is 12.1. The van der Waals surface area contributed by atoms with Gasteiger partial charge in [-0.3, -0.25) is 0 Å². The monoisotopic (exact) mass is 551 g/mol. The second kappa shape index (κ2) is 9.89. The molecule has 0 saturated carbocycles. The Hall–Kier alpha value is -4.11. The second-order valence-corrected chi connectivity index (χ2v) is 11.1. The first-order chi connectivity index (χ1) is 18.5. The Morgan fingerprint density at radius 3 is 2.26 bits per heavy atom. The van der Waals surface area contributed by atoms with E-state index in [1.54, 1.807) is 18.2 Å².